The number of aryl methyl sites for hydroxylation is 2. The first-order chi connectivity index (χ1) is 19.3. The van der Waals surface area contributed by atoms with Gasteiger partial charge >= 0.3 is 5.97 Å². The van der Waals surface area contributed by atoms with E-state index in [4.69, 9.17) is 27.9 Å². The van der Waals surface area contributed by atoms with Crippen LogP contribution in [0.1, 0.15) is 36.1 Å². The summed E-state index contributed by atoms with van der Waals surface area (Å²) in [6.07, 6.45) is 4.80. The molecule has 1 aliphatic heterocycles. The van der Waals surface area contributed by atoms with Crippen LogP contribution in [0, 0.1) is 6.92 Å². The normalized spacial score (nSPS) is 15.5. The molecular formula is C32H28Cl2N2O3S. The van der Waals surface area contributed by atoms with Gasteiger partial charge in [0, 0.05) is 33.7 Å². The molecule has 0 fully saturated rings. The third-order valence-electron chi connectivity index (χ3n) is 6.67. The van der Waals surface area contributed by atoms with Crippen LogP contribution >= 0.6 is 35.0 Å². The Morgan fingerprint density at radius 1 is 1.07 bits per heavy atom. The number of aliphatic imine (C=N–C) groups is 1. The standard InChI is InChI=1S/C32H28Cl2N2O3S/c1-4-20-7-6-8-25-22(18-36(29(20)25)17-21-11-12-23(33)16-26(21)34)15-27-30(37)28(32(38)39-5-2)31(40-27)35-24-13-9-19(3)10-14-24/h6-16,18,37H,4-5,17H2,1-3H3/b27-15-,35-31?. The Kier molecular flexibility index (Phi) is 8.40. The van der Waals surface area contributed by atoms with Crippen LogP contribution < -0.4 is 0 Å². The highest BCUT2D eigenvalue weighted by Crippen LogP contribution is 2.41. The van der Waals surface area contributed by atoms with Gasteiger partial charge in [0.15, 0.2) is 0 Å². The Balaban J connectivity index is 1.62. The van der Waals surface area contributed by atoms with Crippen LogP contribution in [-0.4, -0.2) is 27.3 Å². The number of thioether (sulfide) groups is 1. The number of hydrogen-bond acceptors (Lipinski definition) is 5. The number of para-hydroxylation sites is 1. The molecule has 5 nitrogen and oxygen atoms in total. The molecule has 1 N–H and O–H groups in total. The monoisotopic (exact) mass is 590 g/mol. The summed E-state index contributed by atoms with van der Waals surface area (Å²) in [6.45, 7) is 6.60. The first kappa shape index (κ1) is 28.1. The number of rotatable bonds is 7. The molecule has 2 heterocycles. The highest BCUT2D eigenvalue weighted by atomic mass is 35.5. The molecule has 204 valence electrons. The number of aliphatic hydroxyl groups excluding tert-OH is 1. The Morgan fingerprint density at radius 3 is 2.55 bits per heavy atom. The third kappa shape index (κ3) is 5.71. The van der Waals surface area contributed by atoms with Gasteiger partial charge in [-0.15, -0.1) is 0 Å². The maximum atomic E-state index is 12.9. The number of aromatic nitrogens is 1. The van der Waals surface area contributed by atoms with Crippen molar-refractivity contribution in [1.82, 2.24) is 4.57 Å². The molecule has 0 saturated heterocycles. The fourth-order valence-electron chi connectivity index (χ4n) is 4.69. The molecule has 0 atom stereocenters. The summed E-state index contributed by atoms with van der Waals surface area (Å²) in [5, 5.41) is 13.9. The molecule has 3 aromatic carbocycles. The zero-order valence-corrected chi connectivity index (χ0v) is 24.7. The Morgan fingerprint density at radius 2 is 1.85 bits per heavy atom. The van der Waals surface area contributed by atoms with E-state index in [0.717, 1.165) is 34.0 Å². The zero-order valence-electron chi connectivity index (χ0n) is 22.4. The van der Waals surface area contributed by atoms with Gasteiger partial charge in [0.05, 0.1) is 22.7 Å². The van der Waals surface area contributed by atoms with E-state index in [-0.39, 0.29) is 17.9 Å². The van der Waals surface area contributed by atoms with E-state index in [9.17, 15) is 9.90 Å². The fourth-order valence-corrected chi connectivity index (χ4v) is 6.19. The summed E-state index contributed by atoms with van der Waals surface area (Å²) in [5.74, 6) is -0.738. The summed E-state index contributed by atoms with van der Waals surface area (Å²) in [5.41, 5.74) is 6.01. The first-order valence-electron chi connectivity index (χ1n) is 13.0. The van der Waals surface area contributed by atoms with Crippen molar-refractivity contribution in [3.05, 3.63) is 115 Å². The predicted molar refractivity (Wildman–Crippen MR) is 167 cm³/mol. The molecule has 0 radical (unpaired) electrons. The molecule has 4 aromatic rings. The third-order valence-corrected chi connectivity index (χ3v) is 8.28. The van der Waals surface area contributed by atoms with Crippen LogP contribution in [-0.2, 0) is 22.5 Å². The topological polar surface area (TPSA) is 63.8 Å². The Labute approximate surface area is 247 Å². The largest absolute Gasteiger partial charge is 0.506 e. The number of aliphatic hydroxyl groups is 1. The molecular weight excluding hydrogens is 563 g/mol. The summed E-state index contributed by atoms with van der Waals surface area (Å²) in [6, 6.07) is 19.4. The number of fused-ring (bicyclic) bond motifs is 1. The van der Waals surface area contributed by atoms with Crippen LogP contribution in [0.5, 0.6) is 0 Å². The van der Waals surface area contributed by atoms with Crippen molar-refractivity contribution in [2.24, 2.45) is 4.99 Å². The lowest BCUT2D eigenvalue weighted by atomic mass is 10.1. The number of halogens is 2. The molecule has 8 heteroatoms. The number of ether oxygens (including phenoxy) is 1. The molecule has 0 spiro atoms. The minimum absolute atomic E-state index is 0.0737. The van der Waals surface area contributed by atoms with Crippen molar-refractivity contribution in [2.75, 3.05) is 6.61 Å². The van der Waals surface area contributed by atoms with E-state index >= 15 is 0 Å². The maximum Gasteiger partial charge on any atom is 0.344 e. The van der Waals surface area contributed by atoms with Gasteiger partial charge in [-0.1, -0.05) is 83.8 Å². The van der Waals surface area contributed by atoms with Gasteiger partial charge in [0.2, 0.25) is 0 Å². The lowest BCUT2D eigenvalue weighted by molar-refractivity contribution is -0.138. The van der Waals surface area contributed by atoms with Gasteiger partial charge in [0.25, 0.3) is 0 Å². The van der Waals surface area contributed by atoms with E-state index in [1.54, 1.807) is 13.0 Å². The molecule has 0 unspecified atom stereocenters. The quantitative estimate of drug-likeness (QED) is 0.218. The Bertz CT molecular complexity index is 1700. The van der Waals surface area contributed by atoms with Gasteiger partial charge in [-0.25, -0.2) is 9.79 Å². The number of esters is 1. The van der Waals surface area contributed by atoms with Crippen LogP contribution in [0.15, 0.2) is 88.1 Å². The van der Waals surface area contributed by atoms with E-state index in [1.165, 1.54) is 17.3 Å². The lowest BCUT2D eigenvalue weighted by Gasteiger charge is -2.10. The van der Waals surface area contributed by atoms with E-state index < -0.39 is 5.97 Å². The Hall–Kier alpha value is -3.45. The number of hydrogen-bond donors (Lipinski definition) is 1. The van der Waals surface area contributed by atoms with Crippen molar-refractivity contribution in [3.63, 3.8) is 0 Å². The number of carbonyl (C=O) groups excluding carboxylic acids is 1. The van der Waals surface area contributed by atoms with Crippen LogP contribution in [0.2, 0.25) is 10.0 Å². The number of nitrogens with zero attached hydrogens (tertiary/aromatic N) is 2. The second-order valence-electron chi connectivity index (χ2n) is 9.42. The van der Waals surface area contributed by atoms with Crippen LogP contribution in [0.4, 0.5) is 5.69 Å². The van der Waals surface area contributed by atoms with Gasteiger partial charge in [-0.05, 0) is 61.7 Å². The van der Waals surface area contributed by atoms with Gasteiger partial charge in [0.1, 0.15) is 16.4 Å². The highest BCUT2D eigenvalue weighted by molar-refractivity contribution is 8.18. The van der Waals surface area contributed by atoms with Crippen molar-refractivity contribution in [3.8, 4) is 0 Å². The van der Waals surface area contributed by atoms with Gasteiger partial charge in [-0.3, -0.25) is 0 Å². The van der Waals surface area contributed by atoms with Crippen LogP contribution in [0.3, 0.4) is 0 Å². The van der Waals surface area contributed by atoms with Crippen molar-refractivity contribution in [2.45, 2.75) is 33.7 Å². The number of carbonyl (C=O) groups is 1. The molecule has 0 amide bonds. The lowest BCUT2D eigenvalue weighted by Crippen LogP contribution is -2.12. The van der Waals surface area contributed by atoms with Gasteiger partial charge < -0.3 is 14.4 Å². The summed E-state index contributed by atoms with van der Waals surface area (Å²) in [7, 11) is 0. The molecule has 0 saturated carbocycles. The van der Waals surface area contributed by atoms with Crippen molar-refractivity contribution in [1.29, 1.82) is 0 Å². The predicted octanol–water partition coefficient (Wildman–Crippen LogP) is 9.06. The molecule has 5 rings (SSSR count). The molecule has 40 heavy (non-hydrogen) atoms. The SMILES string of the molecule is CCOC(=O)C1=C(O)/C(=C/c2cn(Cc3ccc(Cl)cc3Cl)c3c(CC)cccc23)SC1=Nc1ccc(C)cc1. The summed E-state index contributed by atoms with van der Waals surface area (Å²) >= 11 is 13.9. The van der Waals surface area contributed by atoms with Crippen molar-refractivity contribution < 1.29 is 14.6 Å². The molecule has 0 bridgehead atoms. The summed E-state index contributed by atoms with van der Waals surface area (Å²) in [4.78, 5) is 18.1. The van der Waals surface area contributed by atoms with E-state index in [1.807, 2.05) is 55.5 Å². The highest BCUT2D eigenvalue weighted by Gasteiger charge is 2.33. The zero-order chi connectivity index (χ0) is 28.4. The van der Waals surface area contributed by atoms with Crippen LogP contribution in [0.25, 0.3) is 17.0 Å². The average Bonchev–Trinajstić information content (AvgIpc) is 3.43. The minimum Gasteiger partial charge on any atom is -0.506 e. The van der Waals surface area contributed by atoms with E-state index in [2.05, 4.69) is 34.8 Å². The summed E-state index contributed by atoms with van der Waals surface area (Å²) < 4.78 is 7.44. The van der Waals surface area contributed by atoms with Crippen molar-refractivity contribution >= 4 is 68.6 Å². The fraction of sp³-hybridized carbons (Fsp3) is 0.188. The molecule has 1 aromatic heterocycles. The van der Waals surface area contributed by atoms with E-state index in [0.29, 0.717) is 32.2 Å². The average molecular weight is 592 g/mol. The first-order valence-corrected chi connectivity index (χ1v) is 14.6. The molecule has 1 aliphatic rings. The second-order valence-corrected chi connectivity index (χ2v) is 11.3. The second kappa shape index (κ2) is 12.0. The maximum absolute atomic E-state index is 12.9. The number of benzene rings is 3. The van der Waals surface area contributed by atoms with Gasteiger partial charge in [-0.2, -0.15) is 0 Å². The smallest absolute Gasteiger partial charge is 0.344 e. The molecule has 0 aliphatic carbocycles. The minimum atomic E-state index is -0.602.